The average Bonchev–Trinajstić information content (AvgIpc) is 3.12. The third kappa shape index (κ3) is 9.47. The Morgan fingerprint density at radius 1 is 0.949 bits per heavy atom. The number of aliphatic carboxylic acids is 2. The molecule has 0 spiro atoms. The van der Waals surface area contributed by atoms with E-state index in [4.69, 9.17) is 32.0 Å². The molecule has 0 aliphatic carbocycles. The van der Waals surface area contributed by atoms with E-state index in [1.165, 1.54) is 11.1 Å². The molecule has 0 saturated carbocycles. The van der Waals surface area contributed by atoms with E-state index in [0.29, 0.717) is 13.0 Å². The molecular formula is C27H37ClN2O8S. The number of carboxylic acids is 2. The van der Waals surface area contributed by atoms with Crippen molar-refractivity contribution in [2.24, 2.45) is 0 Å². The average molecular weight is 585 g/mol. The number of anilines is 1. The molecule has 0 fully saturated rings. The molecule has 6 N–H and O–H groups in total. The number of rotatable bonds is 9. The van der Waals surface area contributed by atoms with Crippen LogP contribution in [-0.2, 0) is 45.2 Å². The minimum atomic E-state index is -3.10. The first-order valence-corrected chi connectivity index (χ1v) is 14.5. The molecule has 216 valence electrons. The van der Waals surface area contributed by atoms with Crippen LogP contribution in [0.1, 0.15) is 43.0 Å². The summed E-state index contributed by atoms with van der Waals surface area (Å²) in [6.45, 7) is 7.91. The minimum Gasteiger partial charge on any atom is -0.479 e. The summed E-state index contributed by atoms with van der Waals surface area (Å²) in [4.78, 5) is 19.5. The zero-order chi connectivity index (χ0) is 29.4. The van der Waals surface area contributed by atoms with Gasteiger partial charge in [-0.1, -0.05) is 41.9 Å². The molecule has 12 heteroatoms. The molecule has 10 nitrogen and oxygen atoms in total. The number of halogens is 1. The first-order chi connectivity index (χ1) is 18.1. The molecule has 1 heterocycles. The van der Waals surface area contributed by atoms with Gasteiger partial charge >= 0.3 is 11.9 Å². The summed E-state index contributed by atoms with van der Waals surface area (Å²) in [6.07, 6.45) is -2.00. The first kappa shape index (κ1) is 32.5. The van der Waals surface area contributed by atoms with Crippen LogP contribution in [0.5, 0.6) is 0 Å². The van der Waals surface area contributed by atoms with Crippen molar-refractivity contribution in [3.63, 3.8) is 0 Å². The molecule has 2 unspecified atom stereocenters. The van der Waals surface area contributed by atoms with Crippen LogP contribution in [-0.4, -0.2) is 76.6 Å². The monoisotopic (exact) mass is 584 g/mol. The van der Waals surface area contributed by atoms with Crippen molar-refractivity contribution >= 4 is 39.1 Å². The fourth-order valence-corrected chi connectivity index (χ4v) is 5.14. The fourth-order valence-electron chi connectivity index (χ4n) is 3.78. The summed E-state index contributed by atoms with van der Waals surface area (Å²) in [5.74, 6) is -3.36. The Hall–Kier alpha value is -2.70. The van der Waals surface area contributed by atoms with Gasteiger partial charge in [0, 0.05) is 6.54 Å². The Morgan fingerprint density at radius 2 is 1.49 bits per heavy atom. The van der Waals surface area contributed by atoms with Crippen molar-refractivity contribution in [1.29, 1.82) is 0 Å². The zero-order valence-corrected chi connectivity index (χ0v) is 23.8. The summed E-state index contributed by atoms with van der Waals surface area (Å²) in [5, 5.41) is 40.2. The number of hydrogen-bond donors (Lipinski definition) is 6. The number of fused-ring (bicyclic) bond motifs is 1. The molecule has 0 bridgehead atoms. The standard InChI is InChI=1S/C23H31ClN2O2S.C4H6O6/c1-23(2,3)29(27,28)15-12-17-4-6-18(7-5-17)16-26-22-20-11-14-25-13-10-19(20)8-9-21(22)24;5-1(3(7)8)2(6)4(9)10/h4-9,25-26H,10-16H2,1-3H3;1-2,5-6H,(H,7,8)(H,9,10). The van der Waals surface area contributed by atoms with Crippen molar-refractivity contribution in [2.45, 2.75) is 63.5 Å². The Balaban J connectivity index is 0.000000455. The number of hydrogen-bond acceptors (Lipinski definition) is 8. The summed E-state index contributed by atoms with van der Waals surface area (Å²) in [7, 11) is -3.10. The van der Waals surface area contributed by atoms with E-state index in [0.717, 1.165) is 47.8 Å². The molecule has 0 aromatic heterocycles. The fraction of sp³-hybridized carbons (Fsp3) is 0.481. The van der Waals surface area contributed by atoms with Crippen LogP contribution < -0.4 is 10.6 Å². The van der Waals surface area contributed by atoms with E-state index in [2.05, 4.69) is 28.8 Å². The molecule has 3 rings (SSSR count). The van der Waals surface area contributed by atoms with Gasteiger partial charge < -0.3 is 31.1 Å². The van der Waals surface area contributed by atoms with Crippen molar-refractivity contribution < 1.29 is 38.4 Å². The van der Waals surface area contributed by atoms with Gasteiger partial charge in [-0.3, -0.25) is 0 Å². The van der Waals surface area contributed by atoms with Crippen LogP contribution in [0.15, 0.2) is 36.4 Å². The van der Waals surface area contributed by atoms with Crippen LogP contribution in [0.3, 0.4) is 0 Å². The second kappa shape index (κ2) is 14.1. The highest BCUT2D eigenvalue weighted by Gasteiger charge is 2.29. The molecule has 2 aromatic carbocycles. The van der Waals surface area contributed by atoms with Crippen LogP contribution in [0.25, 0.3) is 0 Å². The van der Waals surface area contributed by atoms with Crippen molar-refractivity contribution in [1.82, 2.24) is 5.32 Å². The molecule has 1 aliphatic heterocycles. The van der Waals surface area contributed by atoms with E-state index in [9.17, 15) is 18.0 Å². The van der Waals surface area contributed by atoms with Crippen LogP contribution in [0, 0.1) is 0 Å². The normalized spacial score (nSPS) is 15.1. The van der Waals surface area contributed by atoms with Gasteiger partial charge in [0.2, 0.25) is 0 Å². The van der Waals surface area contributed by atoms with Gasteiger partial charge in [0.1, 0.15) is 0 Å². The zero-order valence-electron chi connectivity index (χ0n) is 22.3. The molecule has 1 aliphatic rings. The molecule has 2 aromatic rings. The lowest BCUT2D eigenvalue weighted by molar-refractivity contribution is -0.165. The van der Waals surface area contributed by atoms with E-state index < -0.39 is 38.7 Å². The van der Waals surface area contributed by atoms with E-state index in [1.807, 2.05) is 18.2 Å². The van der Waals surface area contributed by atoms with Crippen LogP contribution in [0.2, 0.25) is 5.02 Å². The molecule has 0 amide bonds. The van der Waals surface area contributed by atoms with Gasteiger partial charge in [-0.05, 0) is 81.4 Å². The molecular weight excluding hydrogens is 548 g/mol. The van der Waals surface area contributed by atoms with Gasteiger partial charge in [0.05, 0.1) is 21.2 Å². The third-order valence-electron chi connectivity index (χ3n) is 6.37. The topological polar surface area (TPSA) is 173 Å². The quantitative estimate of drug-likeness (QED) is 0.257. The van der Waals surface area contributed by atoms with Gasteiger partial charge in [-0.25, -0.2) is 18.0 Å². The summed E-state index contributed by atoms with van der Waals surface area (Å²) in [5.41, 5.74) is 5.89. The summed E-state index contributed by atoms with van der Waals surface area (Å²) < 4.78 is 23.9. The highest BCUT2D eigenvalue weighted by Crippen LogP contribution is 2.31. The number of benzene rings is 2. The number of aliphatic hydroxyl groups is 2. The maximum atomic E-state index is 12.3. The molecule has 0 radical (unpaired) electrons. The van der Waals surface area contributed by atoms with Crippen molar-refractivity contribution in [3.05, 3.63) is 63.7 Å². The van der Waals surface area contributed by atoms with Gasteiger partial charge in [0.15, 0.2) is 22.0 Å². The molecule has 0 saturated heterocycles. The first-order valence-electron chi connectivity index (χ1n) is 12.5. The lowest BCUT2D eigenvalue weighted by Gasteiger charge is -2.19. The molecule has 39 heavy (non-hydrogen) atoms. The second-order valence-corrected chi connectivity index (χ2v) is 13.5. The number of nitrogens with one attached hydrogen (secondary N) is 2. The summed E-state index contributed by atoms with van der Waals surface area (Å²) >= 11 is 6.49. The Kier molecular flexibility index (Phi) is 11.7. The number of aryl methyl sites for hydroxylation is 1. The number of aliphatic hydroxyl groups excluding tert-OH is 2. The van der Waals surface area contributed by atoms with Crippen molar-refractivity contribution in [2.75, 3.05) is 24.2 Å². The Bertz CT molecular complexity index is 1230. The smallest absolute Gasteiger partial charge is 0.335 e. The maximum absolute atomic E-state index is 12.3. The van der Waals surface area contributed by atoms with Crippen molar-refractivity contribution in [3.8, 4) is 0 Å². The minimum absolute atomic E-state index is 0.174. The Morgan fingerprint density at radius 3 is 2.03 bits per heavy atom. The second-order valence-electron chi connectivity index (χ2n) is 10.2. The van der Waals surface area contributed by atoms with E-state index in [-0.39, 0.29) is 5.75 Å². The largest absolute Gasteiger partial charge is 0.479 e. The van der Waals surface area contributed by atoms with E-state index >= 15 is 0 Å². The lowest BCUT2D eigenvalue weighted by Crippen LogP contribution is -2.39. The van der Waals surface area contributed by atoms with Gasteiger partial charge in [-0.2, -0.15) is 0 Å². The maximum Gasteiger partial charge on any atom is 0.335 e. The summed E-state index contributed by atoms with van der Waals surface area (Å²) in [6, 6.07) is 12.3. The van der Waals surface area contributed by atoms with Crippen LogP contribution in [0.4, 0.5) is 5.69 Å². The predicted octanol–water partition coefficient (Wildman–Crippen LogP) is 2.27. The number of carboxylic acid groups (broad SMARTS) is 2. The predicted molar refractivity (Wildman–Crippen MR) is 150 cm³/mol. The van der Waals surface area contributed by atoms with E-state index in [1.54, 1.807) is 20.8 Å². The number of sulfone groups is 1. The lowest BCUT2D eigenvalue weighted by atomic mass is 10.0. The highest BCUT2D eigenvalue weighted by molar-refractivity contribution is 7.92. The SMILES string of the molecule is CC(C)(C)S(=O)(=O)CCc1ccc(CNc2c(Cl)ccc3c2CCNCC3)cc1.O=C(O)C(O)C(O)C(=O)O. The van der Waals surface area contributed by atoms with Gasteiger partial charge in [-0.15, -0.1) is 0 Å². The highest BCUT2D eigenvalue weighted by atomic mass is 35.5. The third-order valence-corrected chi connectivity index (χ3v) is 9.29. The molecule has 2 atom stereocenters. The Labute approximate surface area is 233 Å². The number of carbonyl (C=O) groups is 2. The van der Waals surface area contributed by atoms with Gasteiger partial charge in [0.25, 0.3) is 0 Å². The van der Waals surface area contributed by atoms with Crippen LogP contribution >= 0.6 is 11.6 Å².